The number of carboxylic acid groups (broad SMARTS) is 1. The largest absolute Gasteiger partial charge is 0.481 e. The topological polar surface area (TPSA) is 105 Å². The Bertz CT molecular complexity index is 1140. The molecular formula is C27H28N2O5. The molecule has 0 aromatic heterocycles. The molecule has 0 saturated heterocycles. The molecule has 7 heteroatoms. The Kier molecular flexibility index (Phi) is 4.73. The van der Waals surface area contributed by atoms with Crippen LogP contribution in [-0.2, 0) is 14.3 Å². The Balaban J connectivity index is 1.09. The third-order valence-electron chi connectivity index (χ3n) is 8.50. The summed E-state index contributed by atoms with van der Waals surface area (Å²) >= 11 is 0. The Morgan fingerprint density at radius 2 is 1.62 bits per heavy atom. The average Bonchev–Trinajstić information content (AvgIpc) is 3.24. The molecule has 7 nitrogen and oxygen atoms in total. The molecule has 3 fully saturated rings. The first-order valence-corrected chi connectivity index (χ1v) is 12.1. The van der Waals surface area contributed by atoms with Gasteiger partial charge in [-0.1, -0.05) is 48.5 Å². The summed E-state index contributed by atoms with van der Waals surface area (Å²) in [4.78, 5) is 37.4. The van der Waals surface area contributed by atoms with Gasteiger partial charge in [0.2, 0.25) is 5.91 Å². The average molecular weight is 461 g/mol. The summed E-state index contributed by atoms with van der Waals surface area (Å²) in [7, 11) is 0. The highest BCUT2D eigenvalue weighted by atomic mass is 16.5. The third-order valence-corrected chi connectivity index (χ3v) is 8.50. The maximum absolute atomic E-state index is 13.1. The number of hydrogen-bond acceptors (Lipinski definition) is 4. The van der Waals surface area contributed by atoms with Crippen LogP contribution in [0.3, 0.4) is 0 Å². The smallest absolute Gasteiger partial charge is 0.408 e. The highest BCUT2D eigenvalue weighted by molar-refractivity contribution is 5.91. The van der Waals surface area contributed by atoms with E-state index in [1.165, 1.54) is 0 Å². The van der Waals surface area contributed by atoms with Crippen molar-refractivity contribution in [3.05, 3.63) is 59.7 Å². The number of benzene rings is 2. The summed E-state index contributed by atoms with van der Waals surface area (Å²) in [5.74, 6) is -0.868. The van der Waals surface area contributed by atoms with Gasteiger partial charge >= 0.3 is 12.1 Å². The monoisotopic (exact) mass is 460 g/mol. The Morgan fingerprint density at radius 1 is 0.971 bits per heavy atom. The fourth-order valence-electron chi connectivity index (χ4n) is 6.36. The molecule has 0 aliphatic heterocycles. The summed E-state index contributed by atoms with van der Waals surface area (Å²) in [6, 6.07) is 16.2. The van der Waals surface area contributed by atoms with Gasteiger partial charge in [0.1, 0.15) is 12.1 Å². The molecule has 2 aromatic carbocycles. The van der Waals surface area contributed by atoms with Crippen molar-refractivity contribution in [2.45, 2.75) is 56.0 Å². The van der Waals surface area contributed by atoms with Crippen molar-refractivity contribution in [1.29, 1.82) is 0 Å². The van der Waals surface area contributed by atoms with Crippen molar-refractivity contribution in [3.8, 4) is 11.1 Å². The summed E-state index contributed by atoms with van der Waals surface area (Å²) < 4.78 is 5.66. The molecule has 6 rings (SSSR count). The Hall–Kier alpha value is -3.35. The number of rotatable bonds is 6. The van der Waals surface area contributed by atoms with E-state index in [1.54, 1.807) is 0 Å². The summed E-state index contributed by atoms with van der Waals surface area (Å²) in [5.41, 5.74) is 2.99. The number of carbonyl (C=O) groups is 3. The molecule has 0 radical (unpaired) electrons. The minimum Gasteiger partial charge on any atom is -0.481 e. The zero-order valence-electron chi connectivity index (χ0n) is 18.9. The van der Waals surface area contributed by atoms with E-state index in [0.717, 1.165) is 28.7 Å². The lowest BCUT2D eigenvalue weighted by atomic mass is 9.76. The first-order valence-electron chi connectivity index (χ1n) is 12.1. The first-order chi connectivity index (χ1) is 16.4. The minimum atomic E-state index is -0.967. The lowest BCUT2D eigenvalue weighted by Crippen LogP contribution is -2.64. The van der Waals surface area contributed by atoms with E-state index >= 15 is 0 Å². The molecule has 4 aliphatic carbocycles. The van der Waals surface area contributed by atoms with Gasteiger partial charge in [-0.25, -0.2) is 4.79 Å². The van der Waals surface area contributed by atoms with Gasteiger partial charge in [0.15, 0.2) is 0 Å². The van der Waals surface area contributed by atoms with Crippen molar-refractivity contribution in [3.63, 3.8) is 0 Å². The molecule has 0 spiro atoms. The summed E-state index contributed by atoms with van der Waals surface area (Å²) in [6.45, 7) is 0.197. The number of alkyl carbamates (subject to hydrolysis) is 1. The Labute approximate surface area is 197 Å². The SMILES string of the molecule is O=C(NC1(C(=O)N[C@@H]2C[C@H]3C[C@@]3(C(=O)O)C2)CCC1)OCC1c2ccccc2-c2ccccc21. The number of amides is 2. The van der Waals surface area contributed by atoms with Crippen molar-refractivity contribution in [1.82, 2.24) is 10.6 Å². The highest BCUT2D eigenvalue weighted by Crippen LogP contribution is 2.63. The molecule has 0 bridgehead atoms. The van der Waals surface area contributed by atoms with Crippen LogP contribution in [0.15, 0.2) is 48.5 Å². The number of carboxylic acids is 1. The van der Waals surface area contributed by atoms with E-state index in [2.05, 4.69) is 34.9 Å². The van der Waals surface area contributed by atoms with E-state index in [9.17, 15) is 19.5 Å². The van der Waals surface area contributed by atoms with Crippen LogP contribution in [0.2, 0.25) is 0 Å². The lowest BCUT2D eigenvalue weighted by molar-refractivity contribution is -0.144. The van der Waals surface area contributed by atoms with Gasteiger partial charge in [-0.2, -0.15) is 0 Å². The van der Waals surface area contributed by atoms with Crippen LogP contribution in [0.25, 0.3) is 11.1 Å². The number of fused-ring (bicyclic) bond motifs is 4. The predicted octanol–water partition coefficient (Wildman–Crippen LogP) is 3.82. The second-order valence-electron chi connectivity index (χ2n) is 10.4. The minimum absolute atomic E-state index is 0.0401. The van der Waals surface area contributed by atoms with Gasteiger partial charge in [0, 0.05) is 12.0 Å². The Morgan fingerprint density at radius 3 is 2.18 bits per heavy atom. The van der Waals surface area contributed by atoms with Crippen LogP contribution < -0.4 is 10.6 Å². The van der Waals surface area contributed by atoms with Crippen LogP contribution in [0, 0.1) is 11.3 Å². The maximum atomic E-state index is 13.1. The molecular weight excluding hydrogens is 432 g/mol. The van der Waals surface area contributed by atoms with Crippen molar-refractivity contribution >= 4 is 18.0 Å². The van der Waals surface area contributed by atoms with Crippen molar-refractivity contribution in [2.24, 2.45) is 11.3 Å². The molecule has 0 unspecified atom stereocenters. The lowest BCUT2D eigenvalue weighted by Gasteiger charge is -2.41. The van der Waals surface area contributed by atoms with Gasteiger partial charge < -0.3 is 20.5 Å². The zero-order valence-corrected chi connectivity index (χ0v) is 18.9. The van der Waals surface area contributed by atoms with Crippen LogP contribution >= 0.6 is 0 Å². The number of nitrogens with one attached hydrogen (secondary N) is 2. The van der Waals surface area contributed by atoms with Gasteiger partial charge in [-0.3, -0.25) is 9.59 Å². The van der Waals surface area contributed by atoms with Gasteiger partial charge in [0.05, 0.1) is 5.41 Å². The first kappa shape index (κ1) is 21.2. The number of carbonyl (C=O) groups excluding carboxylic acids is 2. The number of hydrogen-bond donors (Lipinski definition) is 3. The molecule has 34 heavy (non-hydrogen) atoms. The molecule has 176 valence electrons. The number of aliphatic carboxylic acids is 1. The van der Waals surface area contributed by atoms with E-state index in [0.29, 0.717) is 32.1 Å². The maximum Gasteiger partial charge on any atom is 0.408 e. The molecule has 2 amide bonds. The van der Waals surface area contributed by atoms with Gasteiger partial charge in [0.25, 0.3) is 0 Å². The zero-order chi connectivity index (χ0) is 23.5. The van der Waals surface area contributed by atoms with Crippen LogP contribution in [0.4, 0.5) is 4.79 Å². The van der Waals surface area contributed by atoms with Crippen molar-refractivity contribution in [2.75, 3.05) is 6.61 Å². The molecule has 3 N–H and O–H groups in total. The van der Waals surface area contributed by atoms with Gasteiger partial charge in [-0.05, 0) is 66.7 Å². The summed E-state index contributed by atoms with van der Waals surface area (Å²) in [5, 5.41) is 15.3. The third kappa shape index (κ3) is 3.21. The standard InChI is InChI=1S/C27H28N2O5/c30-23(28-17-12-16-13-26(16,14-17)24(31)32)27(10-5-11-27)29-25(33)34-15-22-20-8-3-1-6-18(20)19-7-2-4-9-21(19)22/h1-4,6-9,16-17,22H,5,10-15H2,(H,28,30)(H,29,33)(H,31,32)/t16-,17+,26+/m0/s1. The van der Waals surface area contributed by atoms with Crippen LogP contribution in [0.1, 0.15) is 55.6 Å². The van der Waals surface area contributed by atoms with Crippen LogP contribution in [0.5, 0.6) is 0 Å². The van der Waals surface area contributed by atoms with Gasteiger partial charge in [-0.15, -0.1) is 0 Å². The molecule has 0 heterocycles. The normalized spacial score (nSPS) is 27.5. The second kappa shape index (κ2) is 7.58. The van der Waals surface area contributed by atoms with E-state index in [4.69, 9.17) is 4.74 Å². The summed E-state index contributed by atoms with van der Waals surface area (Å²) in [6.07, 6.45) is 3.25. The van der Waals surface area contributed by atoms with Crippen LogP contribution in [-0.4, -0.2) is 41.3 Å². The van der Waals surface area contributed by atoms with E-state index < -0.39 is 23.0 Å². The second-order valence-corrected chi connectivity index (χ2v) is 10.4. The van der Waals surface area contributed by atoms with E-state index in [1.807, 2.05) is 24.3 Å². The number of ether oxygens (including phenoxy) is 1. The molecule has 2 aromatic rings. The van der Waals surface area contributed by atoms with Crippen molar-refractivity contribution < 1.29 is 24.2 Å². The fraction of sp³-hybridized carbons (Fsp3) is 0.444. The molecule has 4 aliphatic rings. The van der Waals surface area contributed by atoms with E-state index in [-0.39, 0.29) is 30.4 Å². The molecule has 3 saturated carbocycles. The quantitative estimate of drug-likeness (QED) is 0.608. The highest BCUT2D eigenvalue weighted by Gasteiger charge is 2.66. The predicted molar refractivity (Wildman–Crippen MR) is 124 cm³/mol. The fourth-order valence-corrected chi connectivity index (χ4v) is 6.36. The molecule has 3 atom stereocenters.